The van der Waals surface area contributed by atoms with Crippen LogP contribution in [-0.4, -0.2) is 61.1 Å². The first-order valence-electron chi connectivity index (χ1n) is 7.50. The summed E-state index contributed by atoms with van der Waals surface area (Å²) in [5.74, 6) is -2.92. The van der Waals surface area contributed by atoms with Gasteiger partial charge in [-0.05, 0) is 5.53 Å². The summed E-state index contributed by atoms with van der Waals surface area (Å²) < 4.78 is 25.6. The number of ether oxygens (including phenoxy) is 5. The highest BCUT2D eigenvalue weighted by molar-refractivity contribution is 5.68. The summed E-state index contributed by atoms with van der Waals surface area (Å²) >= 11 is 0. The van der Waals surface area contributed by atoms with E-state index in [1.54, 1.807) is 0 Å². The molecule has 0 N–H and O–H groups in total. The molecule has 0 aromatic rings. The number of hydrogen-bond acceptors (Lipinski definition) is 10. The van der Waals surface area contributed by atoms with E-state index in [4.69, 9.17) is 29.2 Å². The third-order valence-electron chi connectivity index (χ3n) is 3.13. The summed E-state index contributed by atoms with van der Waals surface area (Å²) in [6.45, 7) is 4.06. The van der Waals surface area contributed by atoms with Crippen LogP contribution in [0.5, 0.6) is 0 Å². The third kappa shape index (κ3) is 6.22. The Bertz CT molecular complexity index is 617. The molecule has 0 unspecified atom stereocenters. The molecule has 0 radical (unpaired) electrons. The minimum absolute atomic E-state index is 0.380. The maximum absolute atomic E-state index is 11.5. The lowest BCUT2D eigenvalue weighted by Gasteiger charge is -2.43. The highest BCUT2D eigenvalue weighted by Crippen LogP contribution is 2.29. The summed E-state index contributed by atoms with van der Waals surface area (Å²) in [5, 5.41) is 3.38. The molecule has 1 heterocycles. The Morgan fingerprint density at radius 2 is 1.38 bits per heavy atom. The molecule has 0 aromatic carbocycles. The maximum atomic E-state index is 11.5. The van der Waals surface area contributed by atoms with Gasteiger partial charge in [-0.2, -0.15) is 0 Å². The van der Waals surface area contributed by atoms with Crippen LogP contribution in [0.15, 0.2) is 5.11 Å². The molecule has 12 heteroatoms. The molecule has 0 amide bonds. The van der Waals surface area contributed by atoms with E-state index < -0.39 is 54.5 Å². The number of nitrogens with zero attached hydrogens (tertiary/aromatic N) is 3. The lowest BCUT2D eigenvalue weighted by molar-refractivity contribution is -0.251. The predicted octanol–water partition coefficient (Wildman–Crippen LogP) is 0.380. The third-order valence-corrected chi connectivity index (χ3v) is 3.13. The van der Waals surface area contributed by atoms with Crippen LogP contribution in [0.25, 0.3) is 10.4 Å². The van der Waals surface area contributed by atoms with Crippen molar-refractivity contribution in [1.29, 1.82) is 0 Å². The second-order valence-electron chi connectivity index (χ2n) is 5.29. The van der Waals surface area contributed by atoms with Crippen molar-refractivity contribution in [1.82, 2.24) is 0 Å². The quantitative estimate of drug-likeness (QED) is 0.210. The second-order valence-corrected chi connectivity index (χ2v) is 5.29. The normalized spacial score (nSPS) is 27.5. The maximum Gasteiger partial charge on any atom is 0.303 e. The van der Waals surface area contributed by atoms with Crippen LogP contribution in [0.4, 0.5) is 0 Å². The van der Waals surface area contributed by atoms with Crippen LogP contribution in [0.1, 0.15) is 27.7 Å². The molecule has 0 aromatic heterocycles. The van der Waals surface area contributed by atoms with Gasteiger partial charge >= 0.3 is 23.9 Å². The average molecular weight is 373 g/mol. The van der Waals surface area contributed by atoms with E-state index in [2.05, 4.69) is 10.0 Å². The van der Waals surface area contributed by atoms with Crippen molar-refractivity contribution in [2.45, 2.75) is 58.3 Å². The molecule has 1 aliphatic rings. The fraction of sp³-hybridized carbons (Fsp3) is 0.714. The van der Waals surface area contributed by atoms with Crippen LogP contribution < -0.4 is 0 Å². The molecule has 0 spiro atoms. The number of azide groups is 1. The number of rotatable bonds is 6. The molecule has 1 aliphatic heterocycles. The lowest BCUT2D eigenvalue weighted by atomic mass is 9.97. The topological polar surface area (TPSA) is 163 Å². The minimum atomic E-state index is -1.40. The minimum Gasteiger partial charge on any atom is -0.463 e. The van der Waals surface area contributed by atoms with Crippen molar-refractivity contribution >= 4 is 23.9 Å². The smallest absolute Gasteiger partial charge is 0.303 e. The molecule has 1 rings (SSSR count). The van der Waals surface area contributed by atoms with Gasteiger partial charge in [-0.1, -0.05) is 5.11 Å². The highest BCUT2D eigenvalue weighted by atomic mass is 16.7. The zero-order valence-corrected chi connectivity index (χ0v) is 14.6. The summed E-state index contributed by atoms with van der Waals surface area (Å²) in [4.78, 5) is 48.0. The van der Waals surface area contributed by atoms with E-state index in [0.29, 0.717) is 0 Å². The van der Waals surface area contributed by atoms with Gasteiger partial charge in [0.15, 0.2) is 24.5 Å². The van der Waals surface area contributed by atoms with Crippen LogP contribution in [0.2, 0.25) is 0 Å². The molecule has 144 valence electrons. The molecule has 12 nitrogen and oxygen atoms in total. The van der Waals surface area contributed by atoms with Gasteiger partial charge in [0.05, 0.1) is 0 Å². The largest absolute Gasteiger partial charge is 0.463 e. The summed E-state index contributed by atoms with van der Waals surface area (Å²) in [6.07, 6.45) is -6.52. The SMILES string of the molecule is CC(=O)OC[C@H]1O[C@@H](N=[N+]=[N-])[C@H](OC(C)=O)[C@@H](OC(C)=O)[C@H]1OC(C)=O. The number of carbonyl (C=O) groups excluding carboxylic acids is 4. The van der Waals surface area contributed by atoms with E-state index in [-0.39, 0.29) is 6.61 Å². The Balaban J connectivity index is 3.28. The molecular weight excluding hydrogens is 354 g/mol. The van der Waals surface area contributed by atoms with Gasteiger partial charge < -0.3 is 23.7 Å². The average Bonchev–Trinajstić information content (AvgIpc) is 2.50. The molecule has 1 fully saturated rings. The van der Waals surface area contributed by atoms with E-state index >= 15 is 0 Å². The predicted molar refractivity (Wildman–Crippen MR) is 81.1 cm³/mol. The van der Waals surface area contributed by atoms with Gasteiger partial charge in [0.25, 0.3) is 0 Å². The van der Waals surface area contributed by atoms with Crippen LogP contribution in [-0.2, 0) is 42.9 Å². The zero-order valence-electron chi connectivity index (χ0n) is 14.6. The Hall–Kier alpha value is -2.85. The van der Waals surface area contributed by atoms with Gasteiger partial charge in [-0.25, -0.2) is 0 Å². The van der Waals surface area contributed by atoms with Gasteiger partial charge in [0.1, 0.15) is 12.7 Å². The Kier molecular flexibility index (Phi) is 7.81. The molecule has 0 bridgehead atoms. The summed E-state index contributed by atoms with van der Waals surface area (Å²) in [7, 11) is 0. The van der Waals surface area contributed by atoms with Crippen molar-refractivity contribution in [3.05, 3.63) is 10.4 Å². The Morgan fingerprint density at radius 1 is 0.885 bits per heavy atom. The van der Waals surface area contributed by atoms with Crippen molar-refractivity contribution < 1.29 is 42.9 Å². The number of esters is 4. The van der Waals surface area contributed by atoms with Gasteiger partial charge in [0.2, 0.25) is 0 Å². The molecule has 5 atom stereocenters. The van der Waals surface area contributed by atoms with E-state index in [1.807, 2.05) is 0 Å². The number of hydrogen-bond donors (Lipinski definition) is 0. The van der Waals surface area contributed by atoms with E-state index in [1.165, 1.54) is 0 Å². The fourth-order valence-corrected chi connectivity index (χ4v) is 2.35. The molecule has 1 saturated heterocycles. The highest BCUT2D eigenvalue weighted by Gasteiger charge is 2.51. The lowest BCUT2D eigenvalue weighted by Crippen LogP contribution is -2.61. The standard InChI is InChI=1S/C14H19N3O9/c1-6(18)22-5-10-11(23-7(2)19)12(24-8(3)20)13(25-9(4)21)14(26-10)16-17-15/h10-14H,5H2,1-4H3/t10-,11+,12+,13-,14-/m1/s1. The van der Waals surface area contributed by atoms with E-state index in [9.17, 15) is 19.2 Å². The fourth-order valence-electron chi connectivity index (χ4n) is 2.35. The zero-order chi connectivity index (χ0) is 19.9. The van der Waals surface area contributed by atoms with Gasteiger partial charge in [-0.15, -0.1) is 0 Å². The van der Waals surface area contributed by atoms with Gasteiger partial charge in [0, 0.05) is 32.6 Å². The monoisotopic (exact) mass is 373 g/mol. The Morgan fingerprint density at radius 3 is 1.85 bits per heavy atom. The van der Waals surface area contributed by atoms with Gasteiger partial charge in [-0.3, -0.25) is 19.2 Å². The molecule has 26 heavy (non-hydrogen) atoms. The summed E-state index contributed by atoms with van der Waals surface area (Å²) in [6, 6.07) is 0. The first-order valence-corrected chi connectivity index (χ1v) is 7.50. The molecule has 0 aliphatic carbocycles. The number of carbonyl (C=O) groups is 4. The Labute approximate surface area is 148 Å². The molecule has 0 saturated carbocycles. The van der Waals surface area contributed by atoms with Crippen LogP contribution >= 0.6 is 0 Å². The van der Waals surface area contributed by atoms with Crippen molar-refractivity contribution in [2.24, 2.45) is 5.11 Å². The van der Waals surface area contributed by atoms with Crippen LogP contribution in [0, 0.1) is 0 Å². The first-order chi connectivity index (χ1) is 12.1. The van der Waals surface area contributed by atoms with Crippen molar-refractivity contribution in [2.75, 3.05) is 6.61 Å². The van der Waals surface area contributed by atoms with E-state index in [0.717, 1.165) is 27.7 Å². The first kappa shape index (κ1) is 21.2. The summed E-state index contributed by atoms with van der Waals surface area (Å²) in [5.41, 5.74) is 8.71. The van der Waals surface area contributed by atoms with Crippen molar-refractivity contribution in [3.63, 3.8) is 0 Å². The molecular formula is C14H19N3O9. The van der Waals surface area contributed by atoms with Crippen LogP contribution in [0.3, 0.4) is 0 Å². The van der Waals surface area contributed by atoms with Crippen molar-refractivity contribution in [3.8, 4) is 0 Å². The second kappa shape index (κ2) is 9.59.